The van der Waals surface area contributed by atoms with Gasteiger partial charge in [-0.15, -0.1) is 0 Å². The topological polar surface area (TPSA) is 18.1 Å². The van der Waals surface area contributed by atoms with E-state index in [0.717, 1.165) is 11.2 Å². The van der Waals surface area contributed by atoms with Crippen LogP contribution < -0.4 is 0 Å². The van der Waals surface area contributed by atoms with Crippen LogP contribution in [0.3, 0.4) is 0 Å². The van der Waals surface area contributed by atoms with Gasteiger partial charge in [0, 0.05) is 38.0 Å². The van der Waals surface area contributed by atoms with Gasteiger partial charge in [0.1, 0.15) is 11.2 Å². The van der Waals surface area contributed by atoms with Gasteiger partial charge < -0.3 is 8.98 Å². The Morgan fingerprint density at radius 1 is 0.368 bits per heavy atom. The first kappa shape index (κ1) is 19.1. The Balaban J connectivity index is 1.44. The van der Waals surface area contributed by atoms with E-state index in [9.17, 15) is 0 Å². The molecular weight excluding hydrogens is 462 g/mol. The average Bonchev–Trinajstić information content (AvgIpc) is 3.48. The van der Waals surface area contributed by atoms with Crippen LogP contribution in [0.4, 0.5) is 0 Å². The van der Waals surface area contributed by atoms with Gasteiger partial charge in [-0.2, -0.15) is 0 Å². The molecule has 0 atom stereocenters. The van der Waals surface area contributed by atoms with E-state index in [2.05, 4.69) is 120 Å². The zero-order chi connectivity index (χ0) is 24.5. The van der Waals surface area contributed by atoms with Crippen LogP contribution in [0.1, 0.15) is 0 Å². The second-order valence-corrected chi connectivity index (χ2v) is 10.5. The molecule has 0 saturated carbocycles. The summed E-state index contributed by atoms with van der Waals surface area (Å²) in [7, 11) is 0. The number of hydrogen-bond acceptors (Lipinski definition) is 1. The summed E-state index contributed by atoms with van der Waals surface area (Å²) in [5, 5.41) is 13.0. The van der Waals surface area contributed by atoms with Crippen LogP contribution in [-0.2, 0) is 0 Å². The van der Waals surface area contributed by atoms with Crippen molar-refractivity contribution in [3.05, 3.63) is 115 Å². The Labute approximate surface area is 216 Å². The molecule has 0 saturated heterocycles. The quantitative estimate of drug-likeness (QED) is 0.225. The monoisotopic (exact) mass is 481 g/mol. The smallest absolute Gasteiger partial charge is 0.136 e. The lowest BCUT2D eigenvalue weighted by Gasteiger charge is -2.12. The molecule has 2 aromatic heterocycles. The molecule has 0 bridgehead atoms. The maximum Gasteiger partial charge on any atom is 0.136 e. The van der Waals surface area contributed by atoms with Crippen LogP contribution in [0.2, 0.25) is 0 Å². The number of nitrogens with zero attached hydrogens (tertiary/aromatic N) is 1. The minimum absolute atomic E-state index is 0.959. The van der Waals surface area contributed by atoms with Gasteiger partial charge >= 0.3 is 0 Å². The molecule has 0 fully saturated rings. The Morgan fingerprint density at radius 2 is 0.842 bits per heavy atom. The zero-order valence-electron chi connectivity index (χ0n) is 20.3. The highest BCUT2D eigenvalue weighted by molar-refractivity contribution is 6.44. The van der Waals surface area contributed by atoms with E-state index in [-0.39, 0.29) is 0 Å². The van der Waals surface area contributed by atoms with Crippen molar-refractivity contribution < 1.29 is 4.42 Å². The molecule has 174 valence electrons. The largest absolute Gasteiger partial charge is 0.456 e. The SMILES string of the molecule is c1ccc(-c2ccc(-n3c4ccc5ccc6ccc7ccc8oc9ccc3c3c9c8c7c6c5c34)cc2)cc1. The third-order valence-corrected chi connectivity index (χ3v) is 8.67. The van der Waals surface area contributed by atoms with Crippen LogP contribution in [0, 0.1) is 0 Å². The number of furan rings is 1. The molecule has 38 heavy (non-hydrogen) atoms. The van der Waals surface area contributed by atoms with E-state index in [1.165, 1.54) is 81.7 Å². The number of aromatic nitrogens is 1. The van der Waals surface area contributed by atoms with Crippen LogP contribution >= 0.6 is 0 Å². The van der Waals surface area contributed by atoms with E-state index in [4.69, 9.17) is 4.42 Å². The molecule has 10 rings (SSSR count). The van der Waals surface area contributed by atoms with Crippen molar-refractivity contribution in [2.75, 3.05) is 0 Å². The van der Waals surface area contributed by atoms with E-state index in [0.29, 0.717) is 0 Å². The van der Waals surface area contributed by atoms with Crippen LogP contribution in [0.15, 0.2) is 120 Å². The molecule has 8 aromatic carbocycles. The van der Waals surface area contributed by atoms with Gasteiger partial charge in [-0.25, -0.2) is 0 Å². The first-order valence-electron chi connectivity index (χ1n) is 13.1. The van der Waals surface area contributed by atoms with Crippen molar-refractivity contribution in [2.24, 2.45) is 0 Å². The molecule has 0 radical (unpaired) electrons. The third-order valence-electron chi connectivity index (χ3n) is 8.67. The van der Waals surface area contributed by atoms with Crippen LogP contribution in [-0.4, -0.2) is 4.57 Å². The maximum atomic E-state index is 6.48. The van der Waals surface area contributed by atoms with Crippen molar-refractivity contribution in [2.45, 2.75) is 0 Å². The molecule has 10 aromatic rings. The van der Waals surface area contributed by atoms with Crippen LogP contribution in [0.5, 0.6) is 0 Å². The van der Waals surface area contributed by atoms with E-state index < -0.39 is 0 Å². The second kappa shape index (κ2) is 6.42. The molecule has 0 N–H and O–H groups in total. The fraction of sp³-hybridized carbons (Fsp3) is 0. The second-order valence-electron chi connectivity index (χ2n) is 10.5. The summed E-state index contributed by atoms with van der Waals surface area (Å²) < 4.78 is 8.92. The minimum Gasteiger partial charge on any atom is -0.456 e. The predicted octanol–water partition coefficient (Wildman–Crippen LogP) is 10.1. The highest BCUT2D eigenvalue weighted by Crippen LogP contribution is 2.50. The van der Waals surface area contributed by atoms with Crippen molar-refractivity contribution in [1.82, 2.24) is 4.57 Å². The van der Waals surface area contributed by atoms with Gasteiger partial charge in [0.2, 0.25) is 0 Å². The summed E-state index contributed by atoms with van der Waals surface area (Å²) in [4.78, 5) is 0. The van der Waals surface area contributed by atoms with Crippen molar-refractivity contribution in [3.8, 4) is 16.8 Å². The van der Waals surface area contributed by atoms with E-state index in [1.54, 1.807) is 0 Å². The fourth-order valence-corrected chi connectivity index (χ4v) is 7.10. The van der Waals surface area contributed by atoms with Crippen molar-refractivity contribution >= 4 is 76.1 Å². The minimum atomic E-state index is 0.959. The molecule has 0 unspecified atom stereocenters. The Kier molecular flexibility index (Phi) is 3.23. The Hall–Kier alpha value is -5.08. The zero-order valence-corrected chi connectivity index (χ0v) is 20.3. The van der Waals surface area contributed by atoms with Crippen LogP contribution in [0.25, 0.3) is 92.9 Å². The van der Waals surface area contributed by atoms with Gasteiger partial charge in [-0.05, 0) is 69.1 Å². The van der Waals surface area contributed by atoms with Gasteiger partial charge in [-0.3, -0.25) is 0 Å². The normalized spacial score (nSPS) is 12.7. The molecule has 2 heteroatoms. The van der Waals surface area contributed by atoms with Gasteiger partial charge in [-0.1, -0.05) is 78.9 Å². The highest BCUT2D eigenvalue weighted by atomic mass is 16.3. The molecule has 2 heterocycles. The average molecular weight is 482 g/mol. The van der Waals surface area contributed by atoms with E-state index in [1.807, 2.05) is 0 Å². The molecule has 0 aliphatic carbocycles. The van der Waals surface area contributed by atoms with E-state index >= 15 is 0 Å². The first-order valence-corrected chi connectivity index (χ1v) is 13.1. The Morgan fingerprint density at radius 3 is 1.55 bits per heavy atom. The standard InChI is InChI=1S/C36H19NO/c1-2-4-20(5-3-1)21-10-14-25(15-11-21)37-26-16-12-23-8-6-22-7-9-24-13-18-28-35-32(24)30(22)31(23)33(26)34-27(37)17-19-29(38-28)36(34)35/h1-19H. The summed E-state index contributed by atoms with van der Waals surface area (Å²) >= 11 is 0. The third kappa shape index (κ3) is 2.13. The van der Waals surface area contributed by atoms with Gasteiger partial charge in [0.25, 0.3) is 0 Å². The summed E-state index contributed by atoms with van der Waals surface area (Å²) in [5.74, 6) is 0. The van der Waals surface area contributed by atoms with Gasteiger partial charge in [0.15, 0.2) is 0 Å². The highest BCUT2D eigenvalue weighted by Gasteiger charge is 2.25. The fourth-order valence-electron chi connectivity index (χ4n) is 7.10. The number of hydrogen-bond donors (Lipinski definition) is 0. The number of benzene rings is 7. The molecular formula is C36H19NO. The lowest BCUT2D eigenvalue weighted by molar-refractivity contribution is 0.669. The lowest BCUT2D eigenvalue weighted by Crippen LogP contribution is -1.94. The molecule has 0 aliphatic rings. The summed E-state index contributed by atoms with van der Waals surface area (Å²) in [5.41, 5.74) is 8.00. The lowest BCUT2D eigenvalue weighted by atomic mass is 9.94. The molecule has 0 amide bonds. The predicted molar refractivity (Wildman–Crippen MR) is 160 cm³/mol. The molecule has 2 nitrogen and oxygen atoms in total. The first-order chi connectivity index (χ1) is 18.8. The summed E-state index contributed by atoms with van der Waals surface area (Å²) in [6.07, 6.45) is 0. The molecule has 0 aliphatic heterocycles. The summed E-state index contributed by atoms with van der Waals surface area (Å²) in [6.45, 7) is 0. The molecule has 0 spiro atoms. The van der Waals surface area contributed by atoms with Crippen molar-refractivity contribution in [3.63, 3.8) is 0 Å². The number of rotatable bonds is 2. The van der Waals surface area contributed by atoms with Gasteiger partial charge in [0.05, 0.1) is 11.0 Å². The van der Waals surface area contributed by atoms with Crippen molar-refractivity contribution in [1.29, 1.82) is 0 Å². The Bertz CT molecular complexity index is 2470. The summed E-state index contributed by atoms with van der Waals surface area (Å²) in [6, 6.07) is 42.0. The maximum absolute atomic E-state index is 6.48.